The van der Waals surface area contributed by atoms with E-state index in [2.05, 4.69) is 48.3 Å². The molecule has 1 aliphatic rings. The van der Waals surface area contributed by atoms with E-state index in [0.29, 0.717) is 6.04 Å². The van der Waals surface area contributed by atoms with Gasteiger partial charge in [-0.15, -0.1) is 0 Å². The van der Waals surface area contributed by atoms with Crippen LogP contribution in [0.25, 0.3) is 0 Å². The molecule has 0 saturated carbocycles. The van der Waals surface area contributed by atoms with Crippen LogP contribution in [-0.2, 0) is 16.6 Å². The van der Waals surface area contributed by atoms with Crippen molar-refractivity contribution in [2.45, 2.75) is 43.6 Å². The number of aryl methyl sites for hydroxylation is 1. The number of hydrogen-bond acceptors (Lipinski definition) is 3. The molecule has 178 valence electrons. The molecule has 4 rings (SSSR count). The second kappa shape index (κ2) is 10.9. The summed E-state index contributed by atoms with van der Waals surface area (Å²) in [5, 5.41) is 0. The lowest BCUT2D eigenvalue weighted by atomic mass is 9.62. The molecule has 4 nitrogen and oxygen atoms in total. The van der Waals surface area contributed by atoms with Gasteiger partial charge in [0.25, 0.3) is 0 Å². The van der Waals surface area contributed by atoms with Crippen molar-refractivity contribution >= 4 is 5.91 Å². The maximum atomic E-state index is 13.4. The van der Waals surface area contributed by atoms with Gasteiger partial charge in [0.05, 0.1) is 7.11 Å². The third-order valence-corrected chi connectivity index (χ3v) is 7.60. The fraction of sp³-hybridized carbons (Fsp3) is 0.367. The van der Waals surface area contributed by atoms with Gasteiger partial charge in [-0.2, -0.15) is 0 Å². The van der Waals surface area contributed by atoms with Crippen molar-refractivity contribution in [3.05, 3.63) is 102 Å². The Kier molecular flexibility index (Phi) is 7.69. The summed E-state index contributed by atoms with van der Waals surface area (Å²) < 4.78 is 5.27. The lowest BCUT2D eigenvalue weighted by Gasteiger charge is -2.41. The van der Waals surface area contributed by atoms with Gasteiger partial charge in [0, 0.05) is 6.04 Å². The van der Waals surface area contributed by atoms with Crippen LogP contribution in [0.1, 0.15) is 42.4 Å². The summed E-state index contributed by atoms with van der Waals surface area (Å²) in [6.45, 7) is 0.975. The van der Waals surface area contributed by atoms with E-state index in [4.69, 9.17) is 10.5 Å². The summed E-state index contributed by atoms with van der Waals surface area (Å²) in [7, 11) is 3.89. The first-order valence-electron chi connectivity index (χ1n) is 12.3. The highest BCUT2D eigenvalue weighted by atomic mass is 16.5. The van der Waals surface area contributed by atoms with Gasteiger partial charge in [-0.05, 0) is 74.0 Å². The average Bonchev–Trinajstić information content (AvgIpc) is 3.24. The van der Waals surface area contributed by atoms with Crippen LogP contribution in [0.2, 0.25) is 0 Å². The molecule has 4 heteroatoms. The lowest BCUT2D eigenvalue weighted by molar-refractivity contribution is -0.124. The van der Waals surface area contributed by atoms with Crippen LogP contribution in [0.15, 0.2) is 84.9 Å². The van der Waals surface area contributed by atoms with E-state index in [1.165, 1.54) is 5.56 Å². The number of ether oxygens (including phenoxy) is 1. The minimum Gasteiger partial charge on any atom is -0.497 e. The van der Waals surface area contributed by atoms with Crippen molar-refractivity contribution in [1.29, 1.82) is 0 Å². The highest BCUT2D eigenvalue weighted by molar-refractivity contribution is 5.91. The summed E-state index contributed by atoms with van der Waals surface area (Å²) in [5.74, 6) is 0.762. The van der Waals surface area contributed by atoms with E-state index < -0.39 is 5.41 Å². The molecule has 3 aromatic carbocycles. The van der Waals surface area contributed by atoms with Crippen LogP contribution in [0, 0.1) is 5.92 Å². The van der Waals surface area contributed by atoms with Crippen LogP contribution in [0.3, 0.4) is 0 Å². The van der Waals surface area contributed by atoms with Crippen molar-refractivity contribution in [1.82, 2.24) is 4.90 Å². The number of nitrogens with two attached hydrogens (primary N) is 1. The smallest absolute Gasteiger partial charge is 0.232 e. The molecule has 0 aromatic heterocycles. The standard InChI is InChI=1S/C30H36N2O2/c1-32-22-21-27(28(32)16-10-9-11-23-17-19-26(34-2)20-18-23)30(29(31)33,24-12-5-3-6-13-24)25-14-7-4-8-15-25/h3-8,12-15,17-20,27-28H,9-11,16,21-22H2,1-2H3,(H2,31,33)/t27-,28+/m1/s1. The first-order chi connectivity index (χ1) is 16.6. The molecule has 1 amide bonds. The molecule has 1 fully saturated rings. The van der Waals surface area contributed by atoms with Crippen LogP contribution < -0.4 is 10.5 Å². The zero-order valence-electron chi connectivity index (χ0n) is 20.3. The van der Waals surface area contributed by atoms with Crippen LogP contribution in [-0.4, -0.2) is 37.6 Å². The largest absolute Gasteiger partial charge is 0.497 e. The zero-order chi connectivity index (χ0) is 24.0. The Hall–Kier alpha value is -3.11. The molecule has 1 heterocycles. The predicted molar refractivity (Wildman–Crippen MR) is 138 cm³/mol. The molecule has 34 heavy (non-hydrogen) atoms. The number of rotatable bonds is 10. The number of amides is 1. The number of likely N-dealkylation sites (tertiary alicyclic amines) is 1. The number of primary amides is 1. The van der Waals surface area contributed by atoms with Crippen molar-refractivity contribution in [3.63, 3.8) is 0 Å². The summed E-state index contributed by atoms with van der Waals surface area (Å²) in [6.07, 6.45) is 5.27. The highest BCUT2D eigenvalue weighted by Gasteiger charge is 2.52. The van der Waals surface area contributed by atoms with Gasteiger partial charge < -0.3 is 15.4 Å². The van der Waals surface area contributed by atoms with Gasteiger partial charge in [-0.3, -0.25) is 4.79 Å². The SMILES string of the molecule is COc1ccc(CCCC[C@H]2[C@H](C(C(N)=O)(c3ccccc3)c3ccccc3)CCN2C)cc1. The monoisotopic (exact) mass is 456 g/mol. The molecule has 3 aromatic rings. The van der Waals surface area contributed by atoms with Gasteiger partial charge in [-0.1, -0.05) is 79.2 Å². The Labute approximate surface area is 203 Å². The molecule has 0 spiro atoms. The van der Waals surface area contributed by atoms with Gasteiger partial charge >= 0.3 is 0 Å². The van der Waals surface area contributed by atoms with Crippen molar-refractivity contribution in [2.75, 3.05) is 20.7 Å². The second-order valence-corrected chi connectivity index (χ2v) is 9.44. The van der Waals surface area contributed by atoms with Crippen molar-refractivity contribution in [2.24, 2.45) is 11.7 Å². The first kappa shape index (κ1) is 24.0. The number of nitrogens with zero attached hydrogens (tertiary/aromatic N) is 1. The summed E-state index contributed by atoms with van der Waals surface area (Å²) in [5.41, 5.74) is 8.80. The average molecular weight is 457 g/mol. The number of carbonyl (C=O) groups excluding carboxylic acids is 1. The highest BCUT2D eigenvalue weighted by Crippen LogP contribution is 2.47. The number of hydrogen-bond donors (Lipinski definition) is 1. The number of benzene rings is 3. The molecule has 0 aliphatic carbocycles. The Balaban J connectivity index is 1.57. The molecule has 0 unspecified atom stereocenters. The Morgan fingerprint density at radius 2 is 1.53 bits per heavy atom. The Morgan fingerprint density at radius 3 is 2.06 bits per heavy atom. The molecular formula is C30H36N2O2. The zero-order valence-corrected chi connectivity index (χ0v) is 20.3. The first-order valence-corrected chi connectivity index (χ1v) is 12.3. The van der Waals surface area contributed by atoms with Gasteiger partial charge in [0.15, 0.2) is 0 Å². The van der Waals surface area contributed by atoms with Crippen molar-refractivity contribution in [3.8, 4) is 5.75 Å². The summed E-state index contributed by atoms with van der Waals surface area (Å²) >= 11 is 0. The van der Waals surface area contributed by atoms with E-state index in [1.807, 2.05) is 48.5 Å². The van der Waals surface area contributed by atoms with Gasteiger partial charge in [0.2, 0.25) is 5.91 Å². The Morgan fingerprint density at radius 1 is 0.941 bits per heavy atom. The third kappa shape index (κ3) is 4.74. The molecule has 1 saturated heterocycles. The topological polar surface area (TPSA) is 55.6 Å². The number of carbonyl (C=O) groups is 1. The van der Waals surface area contributed by atoms with Crippen LogP contribution in [0.5, 0.6) is 5.75 Å². The predicted octanol–water partition coefficient (Wildman–Crippen LogP) is 5.20. The van der Waals surface area contributed by atoms with E-state index in [-0.39, 0.29) is 11.8 Å². The fourth-order valence-electron chi connectivity index (χ4n) is 5.87. The number of methoxy groups -OCH3 is 1. The van der Waals surface area contributed by atoms with Gasteiger partial charge in [-0.25, -0.2) is 0 Å². The van der Waals surface area contributed by atoms with E-state index >= 15 is 0 Å². The maximum Gasteiger partial charge on any atom is 0.232 e. The molecule has 0 bridgehead atoms. The second-order valence-electron chi connectivity index (χ2n) is 9.44. The minimum atomic E-state index is -0.839. The van der Waals surface area contributed by atoms with Gasteiger partial charge in [0.1, 0.15) is 11.2 Å². The third-order valence-electron chi connectivity index (χ3n) is 7.60. The molecule has 0 radical (unpaired) electrons. The van der Waals surface area contributed by atoms with Crippen LogP contribution in [0.4, 0.5) is 0 Å². The normalized spacial score (nSPS) is 18.6. The Bertz CT molecular complexity index is 1010. The van der Waals surface area contributed by atoms with E-state index in [1.54, 1.807) is 7.11 Å². The fourth-order valence-corrected chi connectivity index (χ4v) is 5.87. The molecule has 1 aliphatic heterocycles. The summed E-state index contributed by atoms with van der Waals surface area (Å²) in [4.78, 5) is 15.9. The maximum absolute atomic E-state index is 13.4. The van der Waals surface area contributed by atoms with Crippen LogP contribution >= 0.6 is 0 Å². The summed E-state index contributed by atoms with van der Waals surface area (Å²) in [6, 6.07) is 28.9. The molecular weight excluding hydrogens is 420 g/mol. The lowest BCUT2D eigenvalue weighted by Crippen LogP contribution is -2.52. The quantitative estimate of drug-likeness (QED) is 0.427. The number of unbranched alkanes of at least 4 members (excludes halogenated alkanes) is 1. The van der Waals surface area contributed by atoms with E-state index in [0.717, 1.165) is 55.5 Å². The van der Waals surface area contributed by atoms with E-state index in [9.17, 15) is 4.79 Å². The minimum absolute atomic E-state index is 0.126. The van der Waals surface area contributed by atoms with Crippen molar-refractivity contribution < 1.29 is 9.53 Å². The molecule has 2 atom stereocenters. The molecule has 2 N–H and O–H groups in total.